The molecule has 1 saturated carbocycles. The van der Waals surface area contributed by atoms with Crippen LogP contribution in [0.2, 0.25) is 0 Å². The van der Waals surface area contributed by atoms with Crippen LogP contribution in [0.15, 0.2) is 15.7 Å². The van der Waals surface area contributed by atoms with Gasteiger partial charge in [0.25, 0.3) is 5.56 Å². The monoisotopic (exact) mass is 419 g/mol. The van der Waals surface area contributed by atoms with Crippen molar-refractivity contribution in [1.29, 1.82) is 0 Å². The minimum Gasteiger partial charge on any atom is -0.383 e. The average Bonchev–Trinajstić information content (AvgIpc) is 3.44. The van der Waals surface area contributed by atoms with Gasteiger partial charge in [-0.1, -0.05) is 13.8 Å². The second-order valence-corrected chi connectivity index (χ2v) is 9.38. The van der Waals surface area contributed by atoms with Crippen LogP contribution in [-0.2, 0) is 4.74 Å². The van der Waals surface area contributed by atoms with Gasteiger partial charge in [0.15, 0.2) is 0 Å². The van der Waals surface area contributed by atoms with Gasteiger partial charge in [-0.3, -0.25) is 9.36 Å². The summed E-state index contributed by atoms with van der Waals surface area (Å²) in [6.07, 6.45) is 1.67. The van der Waals surface area contributed by atoms with E-state index in [1.807, 2.05) is 4.90 Å². The first-order chi connectivity index (χ1) is 14.1. The minimum atomic E-state index is -0.679. The van der Waals surface area contributed by atoms with Gasteiger partial charge in [-0.25, -0.2) is 9.18 Å². The fourth-order valence-corrected chi connectivity index (χ4v) is 5.07. The van der Waals surface area contributed by atoms with Crippen molar-refractivity contribution < 1.29 is 9.13 Å². The molecule has 2 heterocycles. The number of methoxy groups -OCH3 is 1. The van der Waals surface area contributed by atoms with E-state index in [1.165, 1.54) is 6.07 Å². The Labute approximate surface area is 174 Å². The van der Waals surface area contributed by atoms with E-state index < -0.39 is 17.1 Å². The van der Waals surface area contributed by atoms with Crippen molar-refractivity contribution in [1.82, 2.24) is 9.24 Å². The fraction of sp³-hybridized carbons (Fsp3) is 0.619. The normalized spacial score (nSPS) is 22.1. The number of nitrogens with two attached hydrogens (primary N) is 2. The molecular weight excluding hydrogens is 389 g/mol. The summed E-state index contributed by atoms with van der Waals surface area (Å²) in [4.78, 5) is 27.3. The molecule has 0 radical (unpaired) electrons. The Hall–Kier alpha value is -2.39. The first-order valence-corrected chi connectivity index (χ1v) is 10.3. The maximum atomic E-state index is 15.3. The number of halogens is 1. The Morgan fingerprint density at radius 2 is 2.00 bits per heavy atom. The molecule has 4 N–H and O–H groups in total. The molecule has 1 aliphatic carbocycles. The molecule has 9 heteroatoms. The van der Waals surface area contributed by atoms with Gasteiger partial charge in [0, 0.05) is 43.8 Å². The molecule has 2 fully saturated rings. The first kappa shape index (κ1) is 20.9. The quantitative estimate of drug-likeness (QED) is 0.703. The van der Waals surface area contributed by atoms with Gasteiger partial charge in [-0.05, 0) is 31.2 Å². The van der Waals surface area contributed by atoms with Crippen LogP contribution in [0, 0.1) is 24.1 Å². The molecular formula is C21H30FN5O3. The maximum Gasteiger partial charge on any atom is 0.350 e. The molecule has 0 bridgehead atoms. The summed E-state index contributed by atoms with van der Waals surface area (Å²) in [5.41, 5.74) is 6.45. The maximum absolute atomic E-state index is 15.3. The summed E-state index contributed by atoms with van der Waals surface area (Å²) in [6, 6.07) is 1.04. The lowest BCUT2D eigenvalue weighted by Gasteiger charge is -2.29. The van der Waals surface area contributed by atoms with Gasteiger partial charge in [-0.15, -0.1) is 0 Å². The number of anilines is 1. The first-order valence-electron chi connectivity index (χ1n) is 10.3. The summed E-state index contributed by atoms with van der Waals surface area (Å²) in [5, 5.41) is 0.133. The van der Waals surface area contributed by atoms with Crippen LogP contribution in [0.1, 0.15) is 38.3 Å². The van der Waals surface area contributed by atoms with Gasteiger partial charge in [0.1, 0.15) is 5.82 Å². The Kier molecular flexibility index (Phi) is 4.93. The van der Waals surface area contributed by atoms with Gasteiger partial charge in [-0.2, -0.15) is 4.68 Å². The molecule has 0 amide bonds. The van der Waals surface area contributed by atoms with E-state index in [0.29, 0.717) is 41.1 Å². The molecule has 2 atom stereocenters. The second-order valence-electron chi connectivity index (χ2n) is 9.38. The van der Waals surface area contributed by atoms with Gasteiger partial charge < -0.3 is 21.2 Å². The molecule has 1 saturated heterocycles. The predicted octanol–water partition coefficient (Wildman–Crippen LogP) is 1.10. The third-order valence-electron chi connectivity index (χ3n) is 6.69. The third kappa shape index (κ3) is 3.11. The van der Waals surface area contributed by atoms with E-state index in [2.05, 4.69) is 13.8 Å². The SMILES string of the molecule is COC[C@H](N)[C@@H]1CN(c2c(F)cc3c(=O)n(N)c(=O)n(C4CC4)c3c2C)CC1(C)C. The highest BCUT2D eigenvalue weighted by molar-refractivity contribution is 5.87. The molecule has 0 spiro atoms. The van der Waals surface area contributed by atoms with Crippen LogP contribution in [0.25, 0.3) is 10.9 Å². The zero-order valence-corrected chi connectivity index (χ0v) is 17.9. The zero-order chi connectivity index (χ0) is 22.0. The van der Waals surface area contributed by atoms with Gasteiger partial charge >= 0.3 is 5.69 Å². The van der Waals surface area contributed by atoms with Crippen molar-refractivity contribution in [3.8, 4) is 0 Å². The lowest BCUT2D eigenvalue weighted by atomic mass is 9.78. The number of hydrogen-bond donors (Lipinski definition) is 2. The van der Waals surface area contributed by atoms with E-state index in [4.69, 9.17) is 16.3 Å². The van der Waals surface area contributed by atoms with E-state index in [9.17, 15) is 9.59 Å². The van der Waals surface area contributed by atoms with Gasteiger partial charge in [0.05, 0.1) is 23.2 Å². The number of nitrogen functional groups attached to an aromatic ring is 1. The molecule has 2 aromatic rings. The predicted molar refractivity (Wildman–Crippen MR) is 115 cm³/mol. The van der Waals surface area contributed by atoms with Crippen molar-refractivity contribution in [2.45, 2.75) is 45.7 Å². The summed E-state index contributed by atoms with van der Waals surface area (Å²) in [7, 11) is 1.62. The summed E-state index contributed by atoms with van der Waals surface area (Å²) >= 11 is 0. The van der Waals surface area contributed by atoms with Crippen LogP contribution < -0.4 is 27.7 Å². The number of ether oxygens (including phenoxy) is 1. The lowest BCUT2D eigenvalue weighted by Crippen LogP contribution is -2.44. The van der Waals surface area contributed by atoms with Crippen LogP contribution in [0.3, 0.4) is 0 Å². The summed E-state index contributed by atoms with van der Waals surface area (Å²) in [6.45, 7) is 7.62. The molecule has 2 aliphatic rings. The number of fused-ring (bicyclic) bond motifs is 1. The van der Waals surface area contributed by atoms with Crippen LogP contribution >= 0.6 is 0 Å². The van der Waals surface area contributed by atoms with Gasteiger partial charge in [0.2, 0.25) is 0 Å². The highest BCUT2D eigenvalue weighted by atomic mass is 19.1. The largest absolute Gasteiger partial charge is 0.383 e. The van der Waals surface area contributed by atoms with Crippen LogP contribution in [0.4, 0.5) is 10.1 Å². The molecule has 4 rings (SSSR count). The van der Waals surface area contributed by atoms with E-state index >= 15 is 4.39 Å². The molecule has 164 valence electrons. The van der Waals surface area contributed by atoms with Crippen molar-refractivity contribution in [3.05, 3.63) is 38.3 Å². The number of rotatable bonds is 5. The van der Waals surface area contributed by atoms with Crippen LogP contribution in [-0.4, -0.2) is 42.1 Å². The second kappa shape index (κ2) is 7.09. The Balaban J connectivity index is 1.89. The zero-order valence-electron chi connectivity index (χ0n) is 17.9. The summed E-state index contributed by atoms with van der Waals surface area (Å²) < 4.78 is 22.7. The number of benzene rings is 1. The Morgan fingerprint density at radius 3 is 2.60 bits per heavy atom. The smallest absolute Gasteiger partial charge is 0.350 e. The minimum absolute atomic E-state index is 0.00898. The van der Waals surface area contributed by atoms with Crippen molar-refractivity contribution in [2.75, 3.05) is 37.5 Å². The summed E-state index contributed by atoms with van der Waals surface area (Å²) in [5.74, 6) is 5.32. The van der Waals surface area contributed by atoms with Crippen LogP contribution in [0.5, 0.6) is 0 Å². The molecule has 0 unspecified atom stereocenters. The standard InChI is InChI=1S/C21H30FN5O3/c1-11-17-13(19(28)27(24)20(29)26(17)12-5-6-12)7-15(22)18(11)25-8-14(16(23)9-30-4)21(2,3)10-25/h7,12,14,16H,5-6,8-10,23-24H2,1-4H3/t14-,16-/m0/s1. The highest BCUT2D eigenvalue weighted by Crippen LogP contribution is 2.43. The molecule has 1 aliphatic heterocycles. The number of aromatic nitrogens is 2. The van der Waals surface area contributed by atoms with Crippen molar-refractivity contribution in [2.24, 2.45) is 17.1 Å². The lowest BCUT2D eigenvalue weighted by molar-refractivity contribution is 0.130. The number of hydrogen-bond acceptors (Lipinski definition) is 6. The Bertz CT molecular complexity index is 1120. The molecule has 1 aromatic heterocycles. The van der Waals surface area contributed by atoms with E-state index in [1.54, 1.807) is 18.6 Å². The highest BCUT2D eigenvalue weighted by Gasteiger charge is 2.44. The molecule has 1 aromatic carbocycles. The van der Waals surface area contributed by atoms with Crippen molar-refractivity contribution >= 4 is 16.6 Å². The Morgan fingerprint density at radius 1 is 1.33 bits per heavy atom. The molecule has 30 heavy (non-hydrogen) atoms. The molecule has 8 nitrogen and oxygen atoms in total. The van der Waals surface area contributed by atoms with E-state index in [-0.39, 0.29) is 28.8 Å². The van der Waals surface area contributed by atoms with E-state index in [0.717, 1.165) is 12.8 Å². The topological polar surface area (TPSA) is 109 Å². The number of nitrogens with zero attached hydrogens (tertiary/aromatic N) is 3. The average molecular weight is 420 g/mol. The third-order valence-corrected chi connectivity index (χ3v) is 6.69. The number of aryl methyl sites for hydroxylation is 1. The fourth-order valence-electron chi connectivity index (χ4n) is 5.07. The van der Waals surface area contributed by atoms with Crippen molar-refractivity contribution in [3.63, 3.8) is 0 Å².